The normalized spacial score (nSPS) is 21.1. The van der Waals surface area contributed by atoms with Crippen LogP contribution < -0.4 is 5.19 Å². The summed E-state index contributed by atoms with van der Waals surface area (Å²) in [5, 5.41) is 0.507. The van der Waals surface area contributed by atoms with Gasteiger partial charge in [-0.3, -0.25) is 4.90 Å². The van der Waals surface area contributed by atoms with Crippen LogP contribution in [0.2, 0.25) is 6.04 Å². The molecule has 0 bridgehead atoms. The number of ether oxygens (including phenoxy) is 1. The van der Waals surface area contributed by atoms with Gasteiger partial charge in [0, 0.05) is 13.1 Å². The number of alkyl halides is 3. The van der Waals surface area contributed by atoms with E-state index in [1.165, 1.54) is 37.8 Å². The SMILES string of the molecule is C=C(CCCCCCCN1CC(C)OC(C)C1)C[SiH2]c1ccccc1C(F)(F)F. The molecule has 1 heterocycles. The zero-order valence-corrected chi connectivity index (χ0v) is 19.4. The zero-order valence-electron chi connectivity index (χ0n) is 17.9. The second-order valence-corrected chi connectivity index (χ2v) is 10.2. The second-order valence-electron chi connectivity index (χ2n) is 8.44. The predicted octanol–water partition coefficient (Wildman–Crippen LogP) is 4.92. The average Bonchev–Trinajstić information content (AvgIpc) is 2.64. The van der Waals surface area contributed by atoms with Gasteiger partial charge in [0.05, 0.1) is 27.3 Å². The van der Waals surface area contributed by atoms with Gasteiger partial charge in [-0.05, 0) is 45.7 Å². The van der Waals surface area contributed by atoms with Crippen molar-refractivity contribution in [2.75, 3.05) is 19.6 Å². The first-order valence-electron chi connectivity index (χ1n) is 10.9. The smallest absolute Gasteiger partial charge is 0.373 e. The van der Waals surface area contributed by atoms with E-state index in [1.807, 2.05) is 0 Å². The maximum absolute atomic E-state index is 13.1. The molecule has 2 rings (SSSR count). The molecule has 1 aromatic rings. The van der Waals surface area contributed by atoms with Gasteiger partial charge < -0.3 is 4.74 Å². The van der Waals surface area contributed by atoms with Crippen molar-refractivity contribution in [2.45, 2.75) is 76.8 Å². The van der Waals surface area contributed by atoms with Crippen LogP contribution in [-0.2, 0) is 10.9 Å². The third-order valence-corrected chi connectivity index (χ3v) is 7.68. The number of morpholine rings is 1. The number of benzene rings is 1. The largest absolute Gasteiger partial charge is 0.416 e. The number of unbranched alkanes of at least 4 members (excludes halogenated alkanes) is 4. The van der Waals surface area contributed by atoms with Gasteiger partial charge in [-0.25, -0.2) is 0 Å². The molecule has 1 saturated heterocycles. The van der Waals surface area contributed by atoms with Gasteiger partial charge >= 0.3 is 6.18 Å². The van der Waals surface area contributed by atoms with Crippen molar-refractivity contribution < 1.29 is 17.9 Å². The molecule has 0 amide bonds. The van der Waals surface area contributed by atoms with Crippen LogP contribution in [0, 0.1) is 0 Å². The van der Waals surface area contributed by atoms with Crippen LogP contribution in [-0.4, -0.2) is 46.3 Å². The molecule has 1 fully saturated rings. The number of nitrogens with zero attached hydrogens (tertiary/aromatic N) is 1. The molecule has 6 heteroatoms. The minimum Gasteiger partial charge on any atom is -0.373 e. The van der Waals surface area contributed by atoms with Crippen molar-refractivity contribution in [1.82, 2.24) is 4.90 Å². The van der Waals surface area contributed by atoms with Crippen molar-refractivity contribution in [3.8, 4) is 0 Å². The van der Waals surface area contributed by atoms with Gasteiger partial charge in [0.25, 0.3) is 0 Å². The van der Waals surface area contributed by atoms with Gasteiger partial charge in [0.2, 0.25) is 0 Å². The van der Waals surface area contributed by atoms with E-state index in [-0.39, 0.29) is 0 Å². The van der Waals surface area contributed by atoms with E-state index >= 15 is 0 Å². The first-order chi connectivity index (χ1) is 13.8. The van der Waals surface area contributed by atoms with Gasteiger partial charge in [0.15, 0.2) is 0 Å². The molecule has 0 spiro atoms. The highest BCUT2D eigenvalue weighted by molar-refractivity contribution is 6.54. The molecule has 2 unspecified atom stereocenters. The fourth-order valence-electron chi connectivity index (χ4n) is 4.16. The number of halogens is 3. The number of hydrogen-bond donors (Lipinski definition) is 0. The lowest BCUT2D eigenvalue weighted by Crippen LogP contribution is -2.45. The van der Waals surface area contributed by atoms with Crippen LogP contribution in [0.5, 0.6) is 0 Å². The molecule has 2 atom stereocenters. The van der Waals surface area contributed by atoms with E-state index < -0.39 is 21.3 Å². The lowest BCUT2D eigenvalue weighted by atomic mass is 10.1. The molecule has 1 aliphatic rings. The highest BCUT2D eigenvalue weighted by Gasteiger charge is 2.32. The Morgan fingerprint density at radius 1 is 1.07 bits per heavy atom. The monoisotopic (exact) mass is 427 g/mol. The maximum Gasteiger partial charge on any atom is 0.416 e. The Kier molecular flexibility index (Phi) is 9.93. The molecule has 164 valence electrons. The lowest BCUT2D eigenvalue weighted by molar-refractivity contribution is -0.136. The summed E-state index contributed by atoms with van der Waals surface area (Å²) >= 11 is 0. The number of rotatable bonds is 11. The highest BCUT2D eigenvalue weighted by Crippen LogP contribution is 2.27. The summed E-state index contributed by atoms with van der Waals surface area (Å²) in [6.07, 6.45) is 3.31. The minimum atomic E-state index is -4.25. The summed E-state index contributed by atoms with van der Waals surface area (Å²) in [6.45, 7) is 11.6. The Morgan fingerprint density at radius 2 is 1.69 bits per heavy atom. The van der Waals surface area contributed by atoms with Crippen molar-refractivity contribution in [3.05, 3.63) is 42.0 Å². The van der Waals surface area contributed by atoms with Gasteiger partial charge in [-0.1, -0.05) is 54.3 Å². The summed E-state index contributed by atoms with van der Waals surface area (Å²) in [4.78, 5) is 2.50. The van der Waals surface area contributed by atoms with Crippen LogP contribution in [0.3, 0.4) is 0 Å². The van der Waals surface area contributed by atoms with E-state index in [4.69, 9.17) is 4.74 Å². The summed E-state index contributed by atoms with van der Waals surface area (Å²) < 4.78 is 45.0. The van der Waals surface area contributed by atoms with Crippen LogP contribution in [0.1, 0.15) is 57.9 Å². The molecule has 29 heavy (non-hydrogen) atoms. The lowest BCUT2D eigenvalue weighted by Gasteiger charge is -2.35. The molecule has 0 saturated carbocycles. The van der Waals surface area contributed by atoms with Crippen molar-refractivity contribution in [3.63, 3.8) is 0 Å². The third-order valence-electron chi connectivity index (χ3n) is 5.57. The molecule has 0 aliphatic carbocycles. The molecule has 1 aromatic carbocycles. The topological polar surface area (TPSA) is 12.5 Å². The summed E-state index contributed by atoms with van der Waals surface area (Å²) in [5.74, 6) is 0. The quantitative estimate of drug-likeness (QED) is 0.282. The predicted molar refractivity (Wildman–Crippen MR) is 118 cm³/mol. The Labute approximate surface area is 176 Å². The first-order valence-corrected chi connectivity index (χ1v) is 12.7. The van der Waals surface area contributed by atoms with E-state index in [1.54, 1.807) is 12.1 Å². The number of allylic oxidation sites excluding steroid dienone is 1. The van der Waals surface area contributed by atoms with Crippen molar-refractivity contribution >= 4 is 14.7 Å². The Hall–Kier alpha value is -1.11. The van der Waals surface area contributed by atoms with Crippen LogP contribution in [0.4, 0.5) is 13.2 Å². The van der Waals surface area contributed by atoms with E-state index in [9.17, 15) is 13.2 Å². The van der Waals surface area contributed by atoms with Crippen LogP contribution >= 0.6 is 0 Å². The van der Waals surface area contributed by atoms with E-state index in [0.29, 0.717) is 17.4 Å². The summed E-state index contributed by atoms with van der Waals surface area (Å²) in [5.41, 5.74) is 0.661. The van der Waals surface area contributed by atoms with E-state index in [2.05, 4.69) is 25.3 Å². The van der Waals surface area contributed by atoms with Gasteiger partial charge in [0.1, 0.15) is 0 Å². The molecule has 0 aromatic heterocycles. The molecule has 0 N–H and O–H groups in total. The fourth-order valence-corrected chi connectivity index (χ4v) is 5.92. The molecular weight excluding hydrogens is 391 g/mol. The summed E-state index contributed by atoms with van der Waals surface area (Å²) in [7, 11) is -0.971. The van der Waals surface area contributed by atoms with Gasteiger partial charge in [-0.15, -0.1) is 6.58 Å². The van der Waals surface area contributed by atoms with Crippen LogP contribution in [0.15, 0.2) is 36.4 Å². The van der Waals surface area contributed by atoms with Crippen LogP contribution in [0.25, 0.3) is 0 Å². The minimum absolute atomic E-state index is 0.330. The summed E-state index contributed by atoms with van der Waals surface area (Å²) in [6, 6.07) is 6.77. The molecule has 2 nitrogen and oxygen atoms in total. The van der Waals surface area contributed by atoms with E-state index in [0.717, 1.165) is 44.1 Å². The maximum atomic E-state index is 13.1. The Balaban J connectivity index is 1.54. The average molecular weight is 428 g/mol. The van der Waals surface area contributed by atoms with Crippen molar-refractivity contribution in [2.24, 2.45) is 0 Å². The molecular formula is C23H36F3NOSi. The van der Waals surface area contributed by atoms with Gasteiger partial charge in [-0.2, -0.15) is 13.2 Å². The molecule has 1 aliphatic heterocycles. The highest BCUT2D eigenvalue weighted by atomic mass is 28.2. The third kappa shape index (κ3) is 9.05. The Morgan fingerprint density at radius 3 is 2.38 bits per heavy atom. The van der Waals surface area contributed by atoms with Crippen molar-refractivity contribution in [1.29, 1.82) is 0 Å². The second kappa shape index (κ2) is 11.9. The first kappa shape index (κ1) is 24.2. The Bertz CT molecular complexity index is 625. The fraction of sp³-hybridized carbons (Fsp3) is 0.652. The molecule has 0 radical (unpaired) electrons. The number of hydrogen-bond acceptors (Lipinski definition) is 2. The standard InChI is InChI=1S/C23H36F3NOSi/c1-18(17-29-22-13-9-8-12-21(22)23(24,25)26)11-7-5-4-6-10-14-27-15-19(2)28-20(3)16-27/h8-9,12-13,19-20H,1,4-7,10-11,14-17,29H2,2-3H3. The zero-order chi connectivity index (χ0) is 21.3.